The van der Waals surface area contributed by atoms with E-state index in [0.29, 0.717) is 6.42 Å². The summed E-state index contributed by atoms with van der Waals surface area (Å²) < 4.78 is 0. The minimum Gasteiger partial charge on any atom is -0.396 e. The van der Waals surface area contributed by atoms with E-state index in [1.807, 2.05) is 6.92 Å². The highest BCUT2D eigenvalue weighted by Gasteiger charge is 2.03. The van der Waals surface area contributed by atoms with Crippen molar-refractivity contribution in [2.24, 2.45) is 0 Å². The van der Waals surface area contributed by atoms with Gasteiger partial charge in [-0.25, -0.2) is 0 Å². The summed E-state index contributed by atoms with van der Waals surface area (Å²) in [6, 6.07) is 0. The molecule has 0 fully saturated rings. The third-order valence-electron chi connectivity index (χ3n) is 2.76. The van der Waals surface area contributed by atoms with Gasteiger partial charge in [-0.3, -0.25) is 0 Å². The number of aliphatic hydroxyl groups is 3. The molecule has 92 valence electrons. The van der Waals surface area contributed by atoms with Crippen LogP contribution in [-0.4, -0.2) is 34.1 Å². The normalized spacial score (nSPS) is 15.2. The lowest BCUT2D eigenvalue weighted by Gasteiger charge is -2.09. The average molecular weight is 218 g/mol. The molecule has 0 aromatic heterocycles. The first-order valence-corrected chi connectivity index (χ1v) is 6.17. The van der Waals surface area contributed by atoms with Gasteiger partial charge in [0, 0.05) is 6.61 Å². The van der Waals surface area contributed by atoms with Gasteiger partial charge >= 0.3 is 0 Å². The fourth-order valence-corrected chi connectivity index (χ4v) is 1.61. The average Bonchev–Trinajstić information content (AvgIpc) is 2.23. The quantitative estimate of drug-likeness (QED) is 0.490. The van der Waals surface area contributed by atoms with Gasteiger partial charge in [0.15, 0.2) is 0 Å². The molecular formula is C12H26O3. The van der Waals surface area contributed by atoms with Gasteiger partial charge in [-0.1, -0.05) is 32.6 Å². The first kappa shape index (κ1) is 14.9. The van der Waals surface area contributed by atoms with Crippen molar-refractivity contribution in [2.45, 2.75) is 70.5 Å². The maximum Gasteiger partial charge on any atom is 0.0562 e. The summed E-state index contributed by atoms with van der Waals surface area (Å²) in [6.07, 6.45) is 6.88. The molecule has 3 nitrogen and oxygen atoms in total. The first-order valence-electron chi connectivity index (χ1n) is 6.17. The van der Waals surface area contributed by atoms with E-state index in [1.165, 1.54) is 0 Å². The summed E-state index contributed by atoms with van der Waals surface area (Å²) in [5.41, 5.74) is 0. The van der Waals surface area contributed by atoms with Crippen molar-refractivity contribution < 1.29 is 15.3 Å². The highest BCUT2D eigenvalue weighted by atomic mass is 16.3. The van der Waals surface area contributed by atoms with E-state index in [4.69, 9.17) is 5.11 Å². The molecule has 0 aliphatic heterocycles. The predicted molar refractivity (Wildman–Crippen MR) is 61.7 cm³/mol. The second-order valence-corrected chi connectivity index (χ2v) is 4.22. The molecule has 0 bridgehead atoms. The van der Waals surface area contributed by atoms with Gasteiger partial charge in [0.2, 0.25) is 0 Å². The van der Waals surface area contributed by atoms with E-state index < -0.39 is 0 Å². The van der Waals surface area contributed by atoms with Crippen molar-refractivity contribution in [1.29, 1.82) is 0 Å². The number of hydrogen-bond donors (Lipinski definition) is 3. The topological polar surface area (TPSA) is 60.7 Å². The Morgan fingerprint density at radius 2 is 1.33 bits per heavy atom. The van der Waals surface area contributed by atoms with Crippen molar-refractivity contribution in [3.63, 3.8) is 0 Å². The fraction of sp³-hybridized carbons (Fsp3) is 1.00. The van der Waals surface area contributed by atoms with E-state index in [-0.39, 0.29) is 18.8 Å². The van der Waals surface area contributed by atoms with Gasteiger partial charge in [0.1, 0.15) is 0 Å². The molecule has 0 spiro atoms. The number of aliphatic hydroxyl groups excluding tert-OH is 3. The lowest BCUT2D eigenvalue weighted by molar-refractivity contribution is 0.121. The van der Waals surface area contributed by atoms with Crippen LogP contribution in [0.25, 0.3) is 0 Å². The van der Waals surface area contributed by atoms with Gasteiger partial charge in [-0.05, 0) is 25.7 Å². The van der Waals surface area contributed by atoms with Crippen molar-refractivity contribution >= 4 is 0 Å². The third kappa shape index (κ3) is 10.2. The Balaban J connectivity index is 3.11. The van der Waals surface area contributed by atoms with Crippen LogP contribution in [0.4, 0.5) is 0 Å². The summed E-state index contributed by atoms with van der Waals surface area (Å²) in [5.74, 6) is 0. The zero-order chi connectivity index (χ0) is 11.5. The molecule has 3 heteroatoms. The SMILES string of the molecule is CCC(O)CCCCCCC(O)CCO. The molecule has 0 saturated carbocycles. The van der Waals surface area contributed by atoms with Crippen molar-refractivity contribution in [3.05, 3.63) is 0 Å². The van der Waals surface area contributed by atoms with Crippen LogP contribution in [0.3, 0.4) is 0 Å². The third-order valence-corrected chi connectivity index (χ3v) is 2.76. The van der Waals surface area contributed by atoms with Crippen LogP contribution in [-0.2, 0) is 0 Å². The summed E-state index contributed by atoms with van der Waals surface area (Å²) in [5, 5.41) is 27.2. The number of rotatable bonds is 10. The van der Waals surface area contributed by atoms with Gasteiger partial charge in [0.05, 0.1) is 12.2 Å². The second kappa shape index (κ2) is 10.4. The summed E-state index contributed by atoms with van der Waals surface area (Å²) in [6.45, 7) is 2.07. The lowest BCUT2D eigenvalue weighted by atomic mass is 10.0. The van der Waals surface area contributed by atoms with Crippen LogP contribution in [0.2, 0.25) is 0 Å². The molecule has 2 unspecified atom stereocenters. The fourth-order valence-electron chi connectivity index (χ4n) is 1.61. The molecule has 3 N–H and O–H groups in total. The number of hydrogen-bond acceptors (Lipinski definition) is 3. The molecule has 0 radical (unpaired) electrons. The van der Waals surface area contributed by atoms with Crippen molar-refractivity contribution in [1.82, 2.24) is 0 Å². The molecule has 0 aliphatic rings. The molecule has 0 heterocycles. The van der Waals surface area contributed by atoms with E-state index in [9.17, 15) is 10.2 Å². The van der Waals surface area contributed by atoms with Crippen LogP contribution in [0.1, 0.15) is 58.3 Å². The summed E-state index contributed by atoms with van der Waals surface area (Å²) in [4.78, 5) is 0. The largest absolute Gasteiger partial charge is 0.396 e. The molecule has 0 aromatic carbocycles. The van der Waals surface area contributed by atoms with E-state index in [0.717, 1.165) is 44.9 Å². The van der Waals surface area contributed by atoms with E-state index in [2.05, 4.69) is 0 Å². The Hall–Kier alpha value is -0.120. The lowest BCUT2D eigenvalue weighted by Crippen LogP contribution is -2.08. The Morgan fingerprint density at radius 3 is 1.80 bits per heavy atom. The second-order valence-electron chi connectivity index (χ2n) is 4.22. The Morgan fingerprint density at radius 1 is 0.800 bits per heavy atom. The van der Waals surface area contributed by atoms with Crippen LogP contribution in [0.15, 0.2) is 0 Å². The molecule has 0 aliphatic carbocycles. The van der Waals surface area contributed by atoms with Crippen LogP contribution < -0.4 is 0 Å². The molecular weight excluding hydrogens is 192 g/mol. The smallest absolute Gasteiger partial charge is 0.0562 e. The zero-order valence-corrected chi connectivity index (χ0v) is 9.86. The molecule has 15 heavy (non-hydrogen) atoms. The van der Waals surface area contributed by atoms with Gasteiger partial charge in [-0.2, -0.15) is 0 Å². The molecule has 0 saturated heterocycles. The molecule has 0 aromatic rings. The molecule has 2 atom stereocenters. The maximum absolute atomic E-state index is 9.33. The predicted octanol–water partition coefficient (Wildman–Crippen LogP) is 1.84. The van der Waals surface area contributed by atoms with Gasteiger partial charge in [0.25, 0.3) is 0 Å². The summed E-state index contributed by atoms with van der Waals surface area (Å²) >= 11 is 0. The highest BCUT2D eigenvalue weighted by molar-refractivity contribution is 4.56. The van der Waals surface area contributed by atoms with Crippen LogP contribution in [0.5, 0.6) is 0 Å². The molecule has 0 rings (SSSR count). The minimum absolute atomic E-state index is 0.0733. The van der Waals surface area contributed by atoms with Crippen molar-refractivity contribution in [3.8, 4) is 0 Å². The van der Waals surface area contributed by atoms with Crippen LogP contribution >= 0.6 is 0 Å². The standard InChI is InChI=1S/C12H26O3/c1-2-11(14)7-5-3-4-6-8-12(15)9-10-13/h11-15H,2-10H2,1H3. The Bertz CT molecular complexity index is 128. The molecule has 0 amide bonds. The van der Waals surface area contributed by atoms with Gasteiger partial charge < -0.3 is 15.3 Å². The van der Waals surface area contributed by atoms with Crippen LogP contribution in [0, 0.1) is 0 Å². The van der Waals surface area contributed by atoms with E-state index >= 15 is 0 Å². The summed E-state index contributed by atoms with van der Waals surface area (Å²) in [7, 11) is 0. The minimum atomic E-state index is -0.337. The highest BCUT2D eigenvalue weighted by Crippen LogP contribution is 2.11. The Kier molecular flexibility index (Phi) is 10.3. The van der Waals surface area contributed by atoms with Crippen molar-refractivity contribution in [2.75, 3.05) is 6.61 Å². The van der Waals surface area contributed by atoms with E-state index in [1.54, 1.807) is 0 Å². The van der Waals surface area contributed by atoms with Gasteiger partial charge in [-0.15, -0.1) is 0 Å². The number of unbranched alkanes of at least 4 members (excludes halogenated alkanes) is 3. The monoisotopic (exact) mass is 218 g/mol. The zero-order valence-electron chi connectivity index (χ0n) is 9.86. The Labute approximate surface area is 93.1 Å². The first-order chi connectivity index (χ1) is 7.20. The maximum atomic E-state index is 9.33.